The standard InChI is InChI=1S/C13H13BrO4/c1-7(2)18-12(16)13(17)6-8-5-9(14)3-4-10(8)11(13)15/h3-5,7,17H,6H2,1-2H3/t13-/m1/s1. The van der Waals surface area contributed by atoms with Crippen molar-refractivity contribution in [3.05, 3.63) is 33.8 Å². The highest BCUT2D eigenvalue weighted by Gasteiger charge is 2.51. The van der Waals surface area contributed by atoms with E-state index in [2.05, 4.69) is 15.9 Å². The molecule has 0 saturated heterocycles. The zero-order chi connectivity index (χ0) is 13.5. The van der Waals surface area contributed by atoms with E-state index >= 15 is 0 Å². The fourth-order valence-electron chi connectivity index (χ4n) is 1.99. The van der Waals surface area contributed by atoms with Crippen molar-refractivity contribution in [2.24, 2.45) is 0 Å². The van der Waals surface area contributed by atoms with Gasteiger partial charge in [-0.05, 0) is 37.6 Å². The van der Waals surface area contributed by atoms with Gasteiger partial charge in [0.05, 0.1) is 6.10 Å². The third-order valence-corrected chi connectivity index (χ3v) is 3.31. The number of benzene rings is 1. The zero-order valence-electron chi connectivity index (χ0n) is 10.1. The molecule has 0 aliphatic heterocycles. The fourth-order valence-corrected chi connectivity index (χ4v) is 2.39. The Kier molecular flexibility index (Phi) is 3.29. The number of ether oxygens (including phenoxy) is 1. The van der Waals surface area contributed by atoms with E-state index in [1.54, 1.807) is 32.0 Å². The second-order valence-electron chi connectivity index (χ2n) is 4.62. The van der Waals surface area contributed by atoms with E-state index in [9.17, 15) is 14.7 Å². The summed E-state index contributed by atoms with van der Waals surface area (Å²) < 4.78 is 5.75. The quantitative estimate of drug-likeness (QED) is 0.669. The number of rotatable bonds is 2. The number of Topliss-reactive ketones (excluding diaryl/α,β-unsaturated/α-hetero) is 1. The number of carbonyl (C=O) groups is 2. The summed E-state index contributed by atoms with van der Waals surface area (Å²) in [5.41, 5.74) is -1.05. The van der Waals surface area contributed by atoms with Crippen LogP contribution in [0.4, 0.5) is 0 Å². The topological polar surface area (TPSA) is 63.6 Å². The van der Waals surface area contributed by atoms with Crippen LogP contribution in [0.25, 0.3) is 0 Å². The summed E-state index contributed by atoms with van der Waals surface area (Å²) >= 11 is 3.29. The maximum absolute atomic E-state index is 12.1. The Bertz CT molecular complexity index is 524. The number of hydrogen-bond acceptors (Lipinski definition) is 4. The van der Waals surface area contributed by atoms with Gasteiger partial charge in [0.1, 0.15) is 0 Å². The van der Waals surface area contributed by atoms with Gasteiger partial charge >= 0.3 is 5.97 Å². The minimum atomic E-state index is -2.08. The average Bonchev–Trinajstić information content (AvgIpc) is 2.51. The molecule has 18 heavy (non-hydrogen) atoms. The summed E-state index contributed by atoms with van der Waals surface area (Å²) in [6.07, 6.45) is -0.406. The smallest absolute Gasteiger partial charge is 0.347 e. The predicted molar refractivity (Wildman–Crippen MR) is 68.4 cm³/mol. The van der Waals surface area contributed by atoms with Crippen molar-refractivity contribution >= 4 is 27.7 Å². The van der Waals surface area contributed by atoms with Crippen LogP contribution in [0.2, 0.25) is 0 Å². The minimum absolute atomic E-state index is 0.0356. The van der Waals surface area contributed by atoms with E-state index in [4.69, 9.17) is 4.74 Å². The average molecular weight is 313 g/mol. The highest BCUT2D eigenvalue weighted by atomic mass is 79.9. The normalized spacial score (nSPS) is 22.2. The first-order valence-corrected chi connectivity index (χ1v) is 6.40. The van der Waals surface area contributed by atoms with E-state index < -0.39 is 17.4 Å². The fraction of sp³-hybridized carbons (Fsp3) is 0.385. The van der Waals surface area contributed by atoms with Gasteiger partial charge in [-0.25, -0.2) is 4.79 Å². The molecule has 1 aromatic carbocycles. The van der Waals surface area contributed by atoms with Gasteiger partial charge in [-0.2, -0.15) is 0 Å². The summed E-state index contributed by atoms with van der Waals surface area (Å²) in [6.45, 7) is 3.34. The molecular weight excluding hydrogens is 300 g/mol. The third kappa shape index (κ3) is 2.08. The largest absolute Gasteiger partial charge is 0.460 e. The van der Waals surface area contributed by atoms with Crippen LogP contribution in [-0.4, -0.2) is 28.6 Å². The van der Waals surface area contributed by atoms with Gasteiger partial charge in [0, 0.05) is 16.5 Å². The second-order valence-corrected chi connectivity index (χ2v) is 5.54. The first kappa shape index (κ1) is 13.2. The van der Waals surface area contributed by atoms with Crippen LogP contribution in [0.5, 0.6) is 0 Å². The number of fused-ring (bicyclic) bond motifs is 1. The monoisotopic (exact) mass is 312 g/mol. The molecule has 0 aromatic heterocycles. The van der Waals surface area contributed by atoms with Crippen molar-refractivity contribution in [2.45, 2.75) is 32.0 Å². The summed E-state index contributed by atoms with van der Waals surface area (Å²) in [4.78, 5) is 23.9. The molecule has 0 spiro atoms. The van der Waals surface area contributed by atoms with E-state index in [1.807, 2.05) is 0 Å². The highest BCUT2D eigenvalue weighted by molar-refractivity contribution is 9.10. The summed E-state index contributed by atoms with van der Waals surface area (Å²) in [5.74, 6) is -1.47. The van der Waals surface area contributed by atoms with Gasteiger partial charge in [0.2, 0.25) is 11.4 Å². The lowest BCUT2D eigenvalue weighted by Gasteiger charge is -2.20. The number of ketones is 1. The lowest BCUT2D eigenvalue weighted by molar-refractivity contribution is -0.163. The molecule has 2 rings (SSSR count). The van der Waals surface area contributed by atoms with E-state index in [-0.39, 0.29) is 12.5 Å². The number of esters is 1. The summed E-state index contributed by atoms with van der Waals surface area (Å²) in [5, 5.41) is 10.3. The third-order valence-electron chi connectivity index (χ3n) is 2.81. The van der Waals surface area contributed by atoms with Gasteiger partial charge in [0.25, 0.3) is 0 Å². The Labute approximate surface area is 113 Å². The van der Waals surface area contributed by atoms with E-state index in [0.717, 1.165) is 4.47 Å². The van der Waals surface area contributed by atoms with Crippen LogP contribution in [-0.2, 0) is 16.0 Å². The Hall–Kier alpha value is -1.20. The molecule has 5 heteroatoms. The lowest BCUT2D eigenvalue weighted by Crippen LogP contribution is -2.46. The predicted octanol–water partition coefficient (Wildman–Crippen LogP) is 1.87. The Balaban J connectivity index is 2.35. The molecule has 1 atom stereocenters. The molecule has 96 valence electrons. The lowest BCUT2D eigenvalue weighted by atomic mass is 9.99. The molecule has 0 unspecified atom stereocenters. The first-order valence-electron chi connectivity index (χ1n) is 5.61. The van der Waals surface area contributed by atoms with Gasteiger partial charge in [0.15, 0.2) is 0 Å². The van der Waals surface area contributed by atoms with Crippen molar-refractivity contribution in [1.82, 2.24) is 0 Å². The Morgan fingerprint density at radius 2 is 2.17 bits per heavy atom. The van der Waals surface area contributed by atoms with Crippen LogP contribution >= 0.6 is 15.9 Å². The van der Waals surface area contributed by atoms with Gasteiger partial charge in [-0.1, -0.05) is 15.9 Å². The number of aliphatic hydroxyl groups is 1. The maximum atomic E-state index is 12.1. The maximum Gasteiger partial charge on any atom is 0.347 e. The highest BCUT2D eigenvalue weighted by Crippen LogP contribution is 2.33. The Morgan fingerprint density at radius 3 is 2.78 bits per heavy atom. The molecule has 4 nitrogen and oxygen atoms in total. The van der Waals surface area contributed by atoms with Gasteiger partial charge in [-0.3, -0.25) is 4.79 Å². The molecular formula is C13H13BrO4. The SMILES string of the molecule is CC(C)OC(=O)[C@@]1(O)Cc2cc(Br)ccc2C1=O. The van der Waals surface area contributed by atoms with Crippen molar-refractivity contribution in [3.8, 4) is 0 Å². The molecule has 0 saturated carbocycles. The summed E-state index contributed by atoms with van der Waals surface area (Å²) in [7, 11) is 0. The number of carbonyl (C=O) groups excluding carboxylic acids is 2. The minimum Gasteiger partial charge on any atom is -0.460 e. The molecule has 1 aliphatic carbocycles. The van der Waals surface area contributed by atoms with E-state index in [0.29, 0.717) is 11.1 Å². The second kappa shape index (κ2) is 4.48. The van der Waals surface area contributed by atoms with Gasteiger partial charge in [-0.15, -0.1) is 0 Å². The molecule has 1 aromatic rings. The van der Waals surface area contributed by atoms with Crippen LogP contribution in [0.15, 0.2) is 22.7 Å². The summed E-state index contributed by atoms with van der Waals surface area (Å²) in [6, 6.07) is 5.03. The van der Waals surface area contributed by atoms with Crippen LogP contribution in [0.3, 0.4) is 0 Å². The molecule has 0 heterocycles. The zero-order valence-corrected chi connectivity index (χ0v) is 11.7. The number of halogens is 1. The first-order chi connectivity index (χ1) is 8.34. The molecule has 1 aliphatic rings. The van der Waals surface area contributed by atoms with Crippen LogP contribution in [0.1, 0.15) is 29.8 Å². The van der Waals surface area contributed by atoms with Gasteiger partial charge < -0.3 is 9.84 Å². The van der Waals surface area contributed by atoms with Crippen molar-refractivity contribution in [3.63, 3.8) is 0 Å². The Morgan fingerprint density at radius 1 is 1.50 bits per heavy atom. The molecule has 0 fully saturated rings. The molecule has 0 bridgehead atoms. The van der Waals surface area contributed by atoms with Crippen LogP contribution < -0.4 is 0 Å². The van der Waals surface area contributed by atoms with Crippen molar-refractivity contribution in [2.75, 3.05) is 0 Å². The van der Waals surface area contributed by atoms with Crippen molar-refractivity contribution in [1.29, 1.82) is 0 Å². The van der Waals surface area contributed by atoms with Crippen LogP contribution in [0, 0.1) is 0 Å². The molecule has 1 N–H and O–H groups in total. The molecule has 0 amide bonds. The van der Waals surface area contributed by atoms with Crippen molar-refractivity contribution < 1.29 is 19.4 Å². The number of hydrogen-bond donors (Lipinski definition) is 1. The molecule has 0 radical (unpaired) electrons. The van der Waals surface area contributed by atoms with E-state index in [1.165, 1.54) is 0 Å².